The third-order valence-electron chi connectivity index (χ3n) is 4.93. The number of carbonyl (C=O) groups excluding carboxylic acids is 2. The summed E-state index contributed by atoms with van der Waals surface area (Å²) in [7, 11) is 0. The lowest BCUT2D eigenvalue weighted by Crippen LogP contribution is -2.40. The molecule has 0 saturated carbocycles. The van der Waals surface area contributed by atoms with E-state index in [9.17, 15) is 29.6 Å². The van der Waals surface area contributed by atoms with Crippen molar-refractivity contribution in [3.63, 3.8) is 0 Å². The van der Waals surface area contributed by atoms with Gasteiger partial charge in [-0.15, -0.1) is 11.8 Å². The third-order valence-corrected chi connectivity index (χ3v) is 5.87. The fraction of sp³-hybridized carbons (Fsp3) is 0.421. The minimum atomic E-state index is -1.21. The fourth-order valence-electron chi connectivity index (χ4n) is 3.59. The van der Waals surface area contributed by atoms with Gasteiger partial charge in [-0.05, 0) is 31.2 Å². The Hall–Kier alpha value is -2.72. The lowest BCUT2D eigenvalue weighted by atomic mass is 9.98. The van der Waals surface area contributed by atoms with Crippen LogP contribution in [0.2, 0.25) is 0 Å². The second-order valence-corrected chi connectivity index (χ2v) is 7.69. The molecule has 2 aliphatic rings. The number of benzene rings is 1. The number of carbonyl (C=O) groups is 3. The van der Waals surface area contributed by atoms with Crippen molar-refractivity contribution < 1.29 is 29.2 Å². The van der Waals surface area contributed by atoms with E-state index in [1.165, 1.54) is 40.9 Å². The molecular formula is C19H20N2O7S. The van der Waals surface area contributed by atoms with E-state index < -0.39 is 34.4 Å². The maximum absolute atomic E-state index is 13.2. The molecule has 0 spiro atoms. The number of nitro benzene ring substituents is 1. The second kappa shape index (κ2) is 8.75. The summed E-state index contributed by atoms with van der Waals surface area (Å²) in [5.74, 6) is -2.19. The number of rotatable bonds is 8. The van der Waals surface area contributed by atoms with Crippen molar-refractivity contribution in [3.8, 4) is 0 Å². The predicted octanol–water partition coefficient (Wildman–Crippen LogP) is 2.26. The number of hydrogen-bond donors (Lipinski definition) is 1. The Morgan fingerprint density at radius 1 is 1.34 bits per heavy atom. The monoisotopic (exact) mass is 420 g/mol. The van der Waals surface area contributed by atoms with E-state index in [-0.39, 0.29) is 35.0 Å². The number of hydrogen-bond acceptors (Lipinski definition) is 7. The van der Waals surface area contributed by atoms with E-state index >= 15 is 0 Å². The number of Topliss-reactive ketones (excluding diaryl/α,β-unsaturated/α-hetero) is 1. The molecule has 0 aromatic heterocycles. The molecule has 0 aliphatic carbocycles. The first-order valence-corrected chi connectivity index (χ1v) is 10.3. The number of nitro groups is 1. The normalized spacial score (nSPS) is 21.7. The van der Waals surface area contributed by atoms with Crippen molar-refractivity contribution in [2.24, 2.45) is 0 Å². The number of ether oxygens (including phenoxy) is 1. The van der Waals surface area contributed by atoms with Gasteiger partial charge in [-0.25, -0.2) is 0 Å². The van der Waals surface area contributed by atoms with Crippen molar-refractivity contribution in [2.75, 3.05) is 19.4 Å². The van der Waals surface area contributed by atoms with Gasteiger partial charge in [-0.3, -0.25) is 24.5 Å². The number of aliphatic carboxylic acids is 1. The minimum absolute atomic E-state index is 0.0433. The van der Waals surface area contributed by atoms with Crippen LogP contribution in [0, 0.1) is 10.1 Å². The van der Waals surface area contributed by atoms with Crippen molar-refractivity contribution in [1.29, 1.82) is 0 Å². The minimum Gasteiger partial charge on any atom is -0.481 e. The van der Waals surface area contributed by atoms with Crippen LogP contribution in [0.5, 0.6) is 0 Å². The van der Waals surface area contributed by atoms with Crippen LogP contribution >= 0.6 is 11.8 Å². The van der Waals surface area contributed by atoms with Crippen molar-refractivity contribution in [2.45, 2.75) is 30.7 Å². The van der Waals surface area contributed by atoms with Gasteiger partial charge < -0.3 is 14.7 Å². The molecule has 3 rings (SSSR count). The number of carboxylic acid groups (broad SMARTS) is 1. The summed E-state index contributed by atoms with van der Waals surface area (Å²) >= 11 is 1.27. The second-order valence-electron chi connectivity index (χ2n) is 6.78. The van der Waals surface area contributed by atoms with Gasteiger partial charge in [0.2, 0.25) is 0 Å². The largest absolute Gasteiger partial charge is 0.481 e. The molecule has 29 heavy (non-hydrogen) atoms. The van der Waals surface area contributed by atoms with Crippen molar-refractivity contribution in [3.05, 3.63) is 51.1 Å². The van der Waals surface area contributed by atoms with Gasteiger partial charge in [-0.2, -0.15) is 0 Å². The first kappa shape index (κ1) is 21.0. The number of non-ortho nitro benzene ring substituents is 1. The SMILES string of the molecule is CS[C@H]1C(C(=O)c2ccc([N+](=O)[O-])cc2)=C(CC(=O)O)C(=O)N1C[C@@H]1CCCO1. The third kappa shape index (κ3) is 4.33. The number of amides is 1. The topological polar surface area (TPSA) is 127 Å². The molecule has 154 valence electrons. The standard InChI is InChI=1S/C19H20N2O7S/c1-29-19-16(17(24)11-4-6-12(7-5-11)21(26)27)14(9-15(22)23)18(25)20(19)10-13-3-2-8-28-13/h4-7,13,19H,2-3,8-10H2,1H3,(H,22,23)/t13-,19-/m0/s1. The molecule has 0 unspecified atom stereocenters. The Morgan fingerprint density at radius 3 is 2.55 bits per heavy atom. The van der Waals surface area contributed by atoms with Crippen LogP contribution in [0.4, 0.5) is 5.69 Å². The van der Waals surface area contributed by atoms with Gasteiger partial charge in [0.15, 0.2) is 5.78 Å². The molecule has 9 nitrogen and oxygen atoms in total. The summed E-state index contributed by atoms with van der Waals surface area (Å²) in [4.78, 5) is 49.3. The molecule has 2 heterocycles. The number of ketones is 1. The molecule has 2 aliphatic heterocycles. The van der Waals surface area contributed by atoms with Crippen LogP contribution in [0.3, 0.4) is 0 Å². The molecule has 0 radical (unpaired) electrons. The average Bonchev–Trinajstić information content (AvgIpc) is 3.29. The maximum Gasteiger partial charge on any atom is 0.308 e. The molecule has 2 atom stereocenters. The average molecular weight is 420 g/mol. The van der Waals surface area contributed by atoms with Crippen molar-refractivity contribution >= 4 is 35.1 Å². The molecule has 10 heteroatoms. The molecular weight excluding hydrogens is 400 g/mol. The maximum atomic E-state index is 13.2. The summed E-state index contributed by atoms with van der Waals surface area (Å²) in [5.41, 5.74) is 0.0828. The Labute approximate surface area is 170 Å². The van der Waals surface area contributed by atoms with Crippen LogP contribution in [0.25, 0.3) is 0 Å². The van der Waals surface area contributed by atoms with Gasteiger partial charge >= 0.3 is 5.97 Å². The summed E-state index contributed by atoms with van der Waals surface area (Å²) in [6.07, 6.45) is 2.72. The molecule has 1 aromatic carbocycles. The molecule has 1 fully saturated rings. The zero-order valence-corrected chi connectivity index (χ0v) is 16.5. The highest BCUT2D eigenvalue weighted by Crippen LogP contribution is 2.37. The van der Waals surface area contributed by atoms with E-state index in [1.807, 2.05) is 0 Å². The number of thioether (sulfide) groups is 1. The van der Waals surface area contributed by atoms with Crippen molar-refractivity contribution in [1.82, 2.24) is 4.90 Å². The zero-order valence-electron chi connectivity index (χ0n) is 15.7. The molecule has 1 N–H and O–H groups in total. The lowest BCUT2D eigenvalue weighted by Gasteiger charge is -2.27. The molecule has 1 saturated heterocycles. The van der Waals surface area contributed by atoms with Crippen LogP contribution in [-0.2, 0) is 14.3 Å². The summed E-state index contributed by atoms with van der Waals surface area (Å²) in [6.45, 7) is 0.894. The van der Waals surface area contributed by atoms with Crippen LogP contribution in [0.1, 0.15) is 29.6 Å². The van der Waals surface area contributed by atoms with Gasteiger partial charge in [0, 0.05) is 42.0 Å². The Bertz CT molecular complexity index is 875. The number of nitrogens with zero attached hydrogens (tertiary/aromatic N) is 2. The zero-order chi connectivity index (χ0) is 21.1. The fourth-order valence-corrected chi connectivity index (χ4v) is 4.51. The first-order chi connectivity index (χ1) is 13.8. The van der Waals surface area contributed by atoms with E-state index in [0.29, 0.717) is 6.61 Å². The number of carboxylic acids is 1. The molecule has 1 aromatic rings. The van der Waals surface area contributed by atoms with E-state index in [1.54, 1.807) is 6.26 Å². The van der Waals surface area contributed by atoms with Gasteiger partial charge in [0.25, 0.3) is 11.6 Å². The summed E-state index contributed by atoms with van der Waals surface area (Å²) in [5, 5.41) is 19.5. The highest BCUT2D eigenvalue weighted by molar-refractivity contribution is 7.99. The first-order valence-electron chi connectivity index (χ1n) is 9.02. The molecule has 1 amide bonds. The van der Waals surface area contributed by atoms with Crippen LogP contribution < -0.4 is 0 Å². The van der Waals surface area contributed by atoms with E-state index in [2.05, 4.69) is 0 Å². The highest BCUT2D eigenvalue weighted by Gasteiger charge is 2.43. The van der Waals surface area contributed by atoms with Gasteiger partial charge in [0.05, 0.1) is 17.4 Å². The quantitative estimate of drug-likeness (QED) is 0.385. The van der Waals surface area contributed by atoms with Crippen LogP contribution in [0.15, 0.2) is 35.4 Å². The van der Waals surface area contributed by atoms with Gasteiger partial charge in [-0.1, -0.05) is 0 Å². The van der Waals surface area contributed by atoms with Crippen LogP contribution in [-0.4, -0.2) is 63.5 Å². The smallest absolute Gasteiger partial charge is 0.308 e. The Balaban J connectivity index is 1.96. The van der Waals surface area contributed by atoms with Gasteiger partial charge in [0.1, 0.15) is 5.37 Å². The summed E-state index contributed by atoms with van der Waals surface area (Å²) < 4.78 is 5.60. The Morgan fingerprint density at radius 2 is 2.03 bits per heavy atom. The molecule has 0 bridgehead atoms. The highest BCUT2D eigenvalue weighted by atomic mass is 32.2. The summed E-state index contributed by atoms with van der Waals surface area (Å²) in [6, 6.07) is 5.05. The van der Waals surface area contributed by atoms with E-state index in [4.69, 9.17) is 4.74 Å². The predicted molar refractivity (Wildman–Crippen MR) is 105 cm³/mol. The van der Waals surface area contributed by atoms with E-state index in [0.717, 1.165) is 12.8 Å². The lowest BCUT2D eigenvalue weighted by molar-refractivity contribution is -0.384. The Kier molecular flexibility index (Phi) is 6.33.